The summed E-state index contributed by atoms with van der Waals surface area (Å²) in [7, 11) is 0. The number of rotatable bonds is 2. The molecule has 1 N–H and O–H groups in total. The van der Waals surface area contributed by atoms with E-state index in [0.717, 1.165) is 17.1 Å². The van der Waals surface area contributed by atoms with Crippen molar-refractivity contribution in [1.29, 1.82) is 0 Å². The first kappa shape index (κ1) is 13.4. The monoisotopic (exact) mass is 290 g/mol. The quantitative estimate of drug-likeness (QED) is 0.861. The Kier molecular flexibility index (Phi) is 3.54. The lowest BCUT2D eigenvalue weighted by Crippen LogP contribution is -2.21. The van der Waals surface area contributed by atoms with E-state index in [-0.39, 0.29) is 0 Å². The molecule has 2 saturated heterocycles. The van der Waals surface area contributed by atoms with Crippen LogP contribution >= 0.6 is 0 Å². The highest BCUT2D eigenvalue weighted by atomic mass is 16.5. The zero-order valence-electron chi connectivity index (χ0n) is 12.3. The van der Waals surface area contributed by atoms with Gasteiger partial charge in [0.25, 0.3) is 0 Å². The lowest BCUT2D eigenvalue weighted by Gasteiger charge is -2.13. The van der Waals surface area contributed by atoms with Gasteiger partial charge in [-0.1, -0.05) is 30.0 Å². The third kappa shape index (κ3) is 2.84. The highest BCUT2D eigenvalue weighted by Crippen LogP contribution is 2.32. The summed E-state index contributed by atoms with van der Waals surface area (Å²) in [4.78, 5) is 4.23. The van der Waals surface area contributed by atoms with Crippen molar-refractivity contribution in [3.05, 3.63) is 54.4 Å². The Bertz CT molecular complexity index is 717. The van der Waals surface area contributed by atoms with Crippen LogP contribution in [0.15, 0.2) is 48.8 Å². The highest BCUT2D eigenvalue weighted by molar-refractivity contribution is 5.39. The lowest BCUT2D eigenvalue weighted by molar-refractivity contribution is 0.480. The van der Waals surface area contributed by atoms with Gasteiger partial charge in [-0.3, -0.25) is 4.98 Å². The topological polar surface area (TPSA) is 34.2 Å². The Labute approximate surface area is 130 Å². The molecule has 3 nitrogen and oxygen atoms in total. The van der Waals surface area contributed by atoms with Gasteiger partial charge in [0.1, 0.15) is 11.5 Å². The fourth-order valence-electron chi connectivity index (χ4n) is 3.33. The van der Waals surface area contributed by atoms with E-state index in [2.05, 4.69) is 22.1 Å². The number of hydrogen-bond donors (Lipinski definition) is 1. The van der Waals surface area contributed by atoms with Gasteiger partial charge in [-0.25, -0.2) is 0 Å². The summed E-state index contributed by atoms with van der Waals surface area (Å²) >= 11 is 0. The van der Waals surface area contributed by atoms with E-state index in [1.54, 1.807) is 12.4 Å². The van der Waals surface area contributed by atoms with Gasteiger partial charge in [0.05, 0.1) is 6.20 Å². The van der Waals surface area contributed by atoms with Crippen LogP contribution in [0, 0.1) is 17.8 Å². The Morgan fingerprint density at radius 2 is 2.00 bits per heavy atom. The molecule has 2 aliphatic heterocycles. The second kappa shape index (κ2) is 5.82. The van der Waals surface area contributed by atoms with Crippen LogP contribution in [0.4, 0.5) is 0 Å². The summed E-state index contributed by atoms with van der Waals surface area (Å²) in [5, 5.41) is 3.62. The molecule has 22 heavy (non-hydrogen) atoms. The first-order chi connectivity index (χ1) is 10.9. The van der Waals surface area contributed by atoms with Gasteiger partial charge in [0, 0.05) is 29.8 Å². The molecule has 3 heterocycles. The molecule has 3 unspecified atom stereocenters. The molecule has 2 aromatic rings. The smallest absolute Gasteiger partial charge is 0.146 e. The minimum Gasteiger partial charge on any atom is -0.456 e. The van der Waals surface area contributed by atoms with E-state index in [9.17, 15) is 0 Å². The molecule has 3 heteroatoms. The molecule has 2 aliphatic rings. The third-order valence-corrected chi connectivity index (χ3v) is 4.39. The maximum absolute atomic E-state index is 5.80. The fourth-order valence-corrected chi connectivity index (χ4v) is 3.33. The predicted molar refractivity (Wildman–Crippen MR) is 85.7 cm³/mol. The van der Waals surface area contributed by atoms with Gasteiger partial charge in [-0.05, 0) is 37.5 Å². The number of ether oxygens (including phenoxy) is 1. The Balaban J connectivity index is 1.48. The van der Waals surface area contributed by atoms with Gasteiger partial charge in [0.15, 0.2) is 0 Å². The average molecular weight is 290 g/mol. The van der Waals surface area contributed by atoms with E-state index in [0.29, 0.717) is 18.0 Å². The van der Waals surface area contributed by atoms with E-state index in [1.165, 1.54) is 19.3 Å². The molecule has 2 bridgehead atoms. The summed E-state index contributed by atoms with van der Waals surface area (Å²) in [5.74, 6) is 8.70. The number of benzene rings is 1. The van der Waals surface area contributed by atoms with Gasteiger partial charge < -0.3 is 10.1 Å². The van der Waals surface area contributed by atoms with Crippen LogP contribution in [-0.2, 0) is 0 Å². The summed E-state index contributed by atoms with van der Waals surface area (Å²) in [6, 6.07) is 13.0. The molecular weight excluding hydrogens is 272 g/mol. The van der Waals surface area contributed by atoms with Crippen LogP contribution < -0.4 is 10.1 Å². The van der Waals surface area contributed by atoms with Gasteiger partial charge in [-0.15, -0.1) is 0 Å². The largest absolute Gasteiger partial charge is 0.456 e. The molecule has 0 saturated carbocycles. The zero-order valence-corrected chi connectivity index (χ0v) is 12.3. The zero-order chi connectivity index (χ0) is 14.8. The summed E-state index contributed by atoms with van der Waals surface area (Å²) < 4.78 is 5.80. The number of aromatic nitrogens is 1. The molecule has 3 atom stereocenters. The van der Waals surface area contributed by atoms with Gasteiger partial charge in [-0.2, -0.15) is 0 Å². The van der Waals surface area contributed by atoms with Crippen molar-refractivity contribution in [3.8, 4) is 23.3 Å². The molecule has 2 fully saturated rings. The SMILES string of the molecule is C(#CC1CC2CCC1N2)c1cncc(Oc2ccccc2)c1. The van der Waals surface area contributed by atoms with Crippen LogP contribution in [0.1, 0.15) is 24.8 Å². The Morgan fingerprint density at radius 3 is 2.77 bits per heavy atom. The molecule has 0 amide bonds. The van der Waals surface area contributed by atoms with Crippen molar-refractivity contribution in [2.45, 2.75) is 31.3 Å². The number of para-hydroxylation sites is 1. The second-order valence-electron chi connectivity index (χ2n) is 5.98. The van der Waals surface area contributed by atoms with E-state index in [4.69, 9.17) is 4.74 Å². The summed E-state index contributed by atoms with van der Waals surface area (Å²) in [5.41, 5.74) is 0.913. The minimum absolute atomic E-state index is 0.484. The highest BCUT2D eigenvalue weighted by Gasteiger charge is 2.37. The average Bonchev–Trinajstić information content (AvgIpc) is 3.17. The van der Waals surface area contributed by atoms with E-state index >= 15 is 0 Å². The van der Waals surface area contributed by atoms with E-state index in [1.807, 2.05) is 36.4 Å². The summed E-state index contributed by atoms with van der Waals surface area (Å²) in [6.45, 7) is 0. The third-order valence-electron chi connectivity index (χ3n) is 4.39. The van der Waals surface area contributed by atoms with Crippen LogP contribution in [0.25, 0.3) is 0 Å². The van der Waals surface area contributed by atoms with Crippen molar-refractivity contribution in [2.24, 2.45) is 5.92 Å². The first-order valence-corrected chi connectivity index (χ1v) is 7.82. The first-order valence-electron chi connectivity index (χ1n) is 7.82. The second-order valence-corrected chi connectivity index (χ2v) is 5.98. The Morgan fingerprint density at radius 1 is 1.09 bits per heavy atom. The number of pyridine rings is 1. The van der Waals surface area contributed by atoms with Crippen molar-refractivity contribution >= 4 is 0 Å². The number of fused-ring (bicyclic) bond motifs is 2. The number of nitrogens with one attached hydrogen (secondary N) is 1. The molecule has 0 spiro atoms. The normalized spacial score (nSPS) is 25.5. The van der Waals surface area contributed by atoms with Crippen LogP contribution in [-0.4, -0.2) is 17.1 Å². The van der Waals surface area contributed by atoms with Gasteiger partial charge >= 0.3 is 0 Å². The maximum Gasteiger partial charge on any atom is 0.146 e. The molecule has 1 aromatic carbocycles. The van der Waals surface area contributed by atoms with Crippen LogP contribution in [0.5, 0.6) is 11.5 Å². The number of hydrogen-bond acceptors (Lipinski definition) is 3. The molecule has 1 aromatic heterocycles. The molecular formula is C19H18N2O. The van der Waals surface area contributed by atoms with E-state index < -0.39 is 0 Å². The molecule has 4 rings (SSSR count). The lowest BCUT2D eigenvalue weighted by atomic mass is 9.89. The van der Waals surface area contributed by atoms with Crippen molar-refractivity contribution in [3.63, 3.8) is 0 Å². The fraction of sp³-hybridized carbons (Fsp3) is 0.316. The van der Waals surface area contributed by atoms with Crippen LogP contribution in [0.2, 0.25) is 0 Å². The predicted octanol–water partition coefficient (Wildman–Crippen LogP) is 3.37. The number of nitrogens with zero attached hydrogens (tertiary/aromatic N) is 1. The molecule has 0 aliphatic carbocycles. The van der Waals surface area contributed by atoms with Crippen molar-refractivity contribution in [2.75, 3.05) is 0 Å². The summed E-state index contributed by atoms with van der Waals surface area (Å²) in [6.07, 6.45) is 7.28. The maximum atomic E-state index is 5.80. The minimum atomic E-state index is 0.484. The standard InChI is InChI=1S/C19H18N2O/c1-2-4-17(5-3-1)22-18-10-14(12-20-13-18)6-7-15-11-16-8-9-19(15)21-16/h1-5,10,12-13,15-16,19,21H,8-9,11H2. The molecule has 110 valence electrons. The van der Waals surface area contributed by atoms with Crippen molar-refractivity contribution < 1.29 is 4.74 Å². The molecule has 0 radical (unpaired) electrons. The van der Waals surface area contributed by atoms with Gasteiger partial charge in [0.2, 0.25) is 0 Å². The Hall–Kier alpha value is -2.31. The van der Waals surface area contributed by atoms with Crippen molar-refractivity contribution in [1.82, 2.24) is 10.3 Å². The van der Waals surface area contributed by atoms with Crippen LogP contribution in [0.3, 0.4) is 0 Å².